The lowest BCUT2D eigenvalue weighted by Crippen LogP contribution is -2.24. The van der Waals surface area contributed by atoms with Crippen LogP contribution in [0, 0.1) is 0 Å². The largest absolute Gasteiger partial charge is 0.356 e. The monoisotopic (exact) mass is 256 g/mol. The Morgan fingerprint density at radius 3 is 1.83 bits per heavy atom. The van der Waals surface area contributed by atoms with E-state index in [4.69, 9.17) is 0 Å². The SMILES string of the molecule is CCCCC(=O)NCCCCCCNC(=O)CC. The lowest BCUT2D eigenvalue weighted by Gasteiger charge is -2.05. The van der Waals surface area contributed by atoms with Gasteiger partial charge < -0.3 is 10.6 Å². The molecule has 0 fully saturated rings. The third-order valence-electron chi connectivity index (χ3n) is 2.83. The molecule has 106 valence electrons. The Bertz CT molecular complexity index is 230. The Hall–Kier alpha value is -1.06. The Morgan fingerprint density at radius 1 is 0.778 bits per heavy atom. The summed E-state index contributed by atoms with van der Waals surface area (Å²) < 4.78 is 0. The predicted molar refractivity (Wildman–Crippen MR) is 74.3 cm³/mol. The summed E-state index contributed by atoms with van der Waals surface area (Å²) in [5.74, 6) is 0.297. The Kier molecular flexibility index (Phi) is 11.7. The van der Waals surface area contributed by atoms with Crippen molar-refractivity contribution in [2.24, 2.45) is 0 Å². The molecule has 0 saturated carbocycles. The van der Waals surface area contributed by atoms with Crippen molar-refractivity contribution < 1.29 is 9.59 Å². The minimum atomic E-state index is 0.123. The second kappa shape index (κ2) is 12.4. The van der Waals surface area contributed by atoms with Crippen LogP contribution in [0.4, 0.5) is 0 Å². The molecule has 0 aliphatic rings. The van der Waals surface area contributed by atoms with Crippen LogP contribution in [0.1, 0.15) is 65.2 Å². The molecule has 0 aromatic heterocycles. The zero-order valence-electron chi connectivity index (χ0n) is 11.9. The maximum Gasteiger partial charge on any atom is 0.219 e. The summed E-state index contributed by atoms with van der Waals surface area (Å²) in [4.78, 5) is 22.2. The van der Waals surface area contributed by atoms with Gasteiger partial charge in [-0.2, -0.15) is 0 Å². The molecule has 0 heterocycles. The first-order valence-electron chi connectivity index (χ1n) is 7.24. The van der Waals surface area contributed by atoms with Gasteiger partial charge in [-0.3, -0.25) is 9.59 Å². The number of hydrogen-bond acceptors (Lipinski definition) is 2. The molecule has 0 radical (unpaired) electrons. The quantitative estimate of drug-likeness (QED) is 0.558. The molecule has 0 aliphatic carbocycles. The number of rotatable bonds is 11. The van der Waals surface area contributed by atoms with E-state index in [0.29, 0.717) is 12.8 Å². The molecule has 2 amide bonds. The highest BCUT2D eigenvalue weighted by Gasteiger charge is 1.99. The lowest BCUT2D eigenvalue weighted by molar-refractivity contribution is -0.121. The van der Waals surface area contributed by atoms with E-state index in [9.17, 15) is 9.59 Å². The van der Waals surface area contributed by atoms with Crippen LogP contribution in [0.15, 0.2) is 0 Å². The van der Waals surface area contributed by atoms with E-state index in [1.54, 1.807) is 0 Å². The highest BCUT2D eigenvalue weighted by atomic mass is 16.2. The third-order valence-corrected chi connectivity index (χ3v) is 2.83. The molecular weight excluding hydrogens is 228 g/mol. The third kappa shape index (κ3) is 11.4. The first kappa shape index (κ1) is 16.9. The van der Waals surface area contributed by atoms with Gasteiger partial charge in [0, 0.05) is 25.9 Å². The molecule has 0 spiro atoms. The van der Waals surface area contributed by atoms with Crippen LogP contribution in [-0.4, -0.2) is 24.9 Å². The van der Waals surface area contributed by atoms with E-state index >= 15 is 0 Å². The van der Waals surface area contributed by atoms with Crippen LogP contribution < -0.4 is 10.6 Å². The number of carbonyl (C=O) groups excluding carboxylic acids is 2. The summed E-state index contributed by atoms with van der Waals surface area (Å²) in [5.41, 5.74) is 0. The van der Waals surface area contributed by atoms with Gasteiger partial charge in [-0.15, -0.1) is 0 Å². The molecule has 0 unspecified atom stereocenters. The average Bonchev–Trinajstić information content (AvgIpc) is 2.38. The van der Waals surface area contributed by atoms with Crippen molar-refractivity contribution in [2.75, 3.05) is 13.1 Å². The molecule has 0 aromatic carbocycles. The van der Waals surface area contributed by atoms with Gasteiger partial charge in [-0.05, 0) is 19.3 Å². The van der Waals surface area contributed by atoms with Crippen molar-refractivity contribution in [3.8, 4) is 0 Å². The molecular formula is C14H28N2O2. The van der Waals surface area contributed by atoms with Gasteiger partial charge in [0.15, 0.2) is 0 Å². The fourth-order valence-electron chi connectivity index (χ4n) is 1.61. The van der Waals surface area contributed by atoms with Crippen LogP contribution in [0.5, 0.6) is 0 Å². The highest BCUT2D eigenvalue weighted by molar-refractivity contribution is 5.75. The van der Waals surface area contributed by atoms with Crippen LogP contribution in [0.25, 0.3) is 0 Å². The molecule has 0 rings (SSSR count). The number of nitrogens with one attached hydrogen (secondary N) is 2. The van der Waals surface area contributed by atoms with Crippen molar-refractivity contribution in [1.29, 1.82) is 0 Å². The van der Waals surface area contributed by atoms with E-state index in [-0.39, 0.29) is 11.8 Å². The van der Waals surface area contributed by atoms with Gasteiger partial charge >= 0.3 is 0 Å². The van der Waals surface area contributed by atoms with E-state index in [0.717, 1.165) is 51.6 Å². The average molecular weight is 256 g/mol. The molecule has 4 heteroatoms. The highest BCUT2D eigenvalue weighted by Crippen LogP contribution is 1.99. The maximum atomic E-state index is 11.3. The van der Waals surface area contributed by atoms with Gasteiger partial charge in [0.1, 0.15) is 0 Å². The van der Waals surface area contributed by atoms with Crippen molar-refractivity contribution >= 4 is 11.8 Å². The molecule has 0 aromatic rings. The standard InChI is InChI=1S/C14H28N2O2/c1-3-5-10-14(18)16-12-9-7-6-8-11-15-13(17)4-2/h3-12H2,1-2H3,(H,15,17)(H,16,18). The first-order chi connectivity index (χ1) is 8.70. The second-order valence-electron chi connectivity index (χ2n) is 4.57. The van der Waals surface area contributed by atoms with Crippen LogP contribution in [0.3, 0.4) is 0 Å². The lowest BCUT2D eigenvalue weighted by atomic mass is 10.2. The Morgan fingerprint density at radius 2 is 1.33 bits per heavy atom. The van der Waals surface area contributed by atoms with Gasteiger partial charge in [0.25, 0.3) is 0 Å². The van der Waals surface area contributed by atoms with Crippen molar-refractivity contribution in [1.82, 2.24) is 10.6 Å². The summed E-state index contributed by atoms with van der Waals surface area (Å²) in [6, 6.07) is 0. The van der Waals surface area contributed by atoms with Crippen molar-refractivity contribution in [2.45, 2.75) is 65.2 Å². The normalized spacial score (nSPS) is 10.1. The second-order valence-corrected chi connectivity index (χ2v) is 4.57. The van der Waals surface area contributed by atoms with E-state index in [2.05, 4.69) is 17.6 Å². The van der Waals surface area contributed by atoms with Crippen LogP contribution in [-0.2, 0) is 9.59 Å². The minimum Gasteiger partial charge on any atom is -0.356 e. The van der Waals surface area contributed by atoms with Crippen LogP contribution in [0.2, 0.25) is 0 Å². The summed E-state index contributed by atoms with van der Waals surface area (Å²) >= 11 is 0. The summed E-state index contributed by atoms with van der Waals surface area (Å²) in [6.07, 6.45) is 7.52. The number of hydrogen-bond donors (Lipinski definition) is 2. The smallest absolute Gasteiger partial charge is 0.219 e. The molecule has 18 heavy (non-hydrogen) atoms. The molecule has 0 aliphatic heterocycles. The minimum absolute atomic E-state index is 0.123. The summed E-state index contributed by atoms with van der Waals surface area (Å²) in [6.45, 7) is 5.50. The van der Waals surface area contributed by atoms with Gasteiger partial charge in [0.2, 0.25) is 11.8 Å². The number of carbonyl (C=O) groups is 2. The Labute approximate surface area is 111 Å². The number of amides is 2. The number of unbranched alkanes of at least 4 members (excludes halogenated alkanes) is 4. The molecule has 0 bridgehead atoms. The molecule has 2 N–H and O–H groups in total. The van der Waals surface area contributed by atoms with Gasteiger partial charge in [-0.25, -0.2) is 0 Å². The maximum absolute atomic E-state index is 11.3. The summed E-state index contributed by atoms with van der Waals surface area (Å²) in [5, 5.41) is 5.78. The van der Waals surface area contributed by atoms with Crippen molar-refractivity contribution in [3.05, 3.63) is 0 Å². The zero-order chi connectivity index (χ0) is 13.6. The summed E-state index contributed by atoms with van der Waals surface area (Å²) in [7, 11) is 0. The predicted octanol–water partition coefficient (Wildman–Crippen LogP) is 2.38. The topological polar surface area (TPSA) is 58.2 Å². The first-order valence-corrected chi connectivity index (χ1v) is 7.24. The van der Waals surface area contributed by atoms with E-state index < -0.39 is 0 Å². The van der Waals surface area contributed by atoms with Gasteiger partial charge in [-0.1, -0.05) is 33.1 Å². The van der Waals surface area contributed by atoms with Crippen LogP contribution >= 0.6 is 0 Å². The fraction of sp³-hybridized carbons (Fsp3) is 0.857. The molecule has 0 saturated heterocycles. The van der Waals surface area contributed by atoms with E-state index in [1.807, 2.05) is 6.92 Å². The fourth-order valence-corrected chi connectivity index (χ4v) is 1.61. The molecule has 0 atom stereocenters. The van der Waals surface area contributed by atoms with E-state index in [1.165, 1.54) is 0 Å². The Balaban J connectivity index is 3.16. The van der Waals surface area contributed by atoms with Gasteiger partial charge in [0.05, 0.1) is 0 Å². The molecule has 4 nitrogen and oxygen atoms in total. The van der Waals surface area contributed by atoms with Crippen molar-refractivity contribution in [3.63, 3.8) is 0 Å². The zero-order valence-corrected chi connectivity index (χ0v) is 11.9.